The molecule has 3 N–H and O–H groups in total. The fraction of sp³-hybridized carbons (Fsp3) is 0.167. The Morgan fingerprint density at radius 2 is 1.54 bits per heavy atom. The number of carbonyl (C=O) groups is 2. The Hall–Kier alpha value is -4.25. The number of benzene rings is 3. The topological polar surface area (TPSA) is 132 Å². The van der Waals surface area contributed by atoms with E-state index in [9.17, 15) is 18.0 Å². The van der Waals surface area contributed by atoms with Gasteiger partial charge in [0.1, 0.15) is 17.2 Å². The van der Waals surface area contributed by atoms with Crippen molar-refractivity contribution in [3.05, 3.63) is 78.4 Å². The summed E-state index contributed by atoms with van der Waals surface area (Å²) in [5.41, 5.74) is 4.84. The predicted octanol–water partition coefficient (Wildman–Crippen LogP) is 2.73. The molecule has 2 amide bonds. The molecule has 0 aliphatic rings. The molecule has 0 saturated heterocycles. The van der Waals surface area contributed by atoms with Gasteiger partial charge in [-0.05, 0) is 54.6 Å². The van der Waals surface area contributed by atoms with E-state index in [4.69, 9.17) is 14.2 Å². The molecule has 0 spiro atoms. The second-order valence-corrected chi connectivity index (χ2v) is 8.79. The second kappa shape index (κ2) is 11.7. The lowest BCUT2D eigenvalue weighted by molar-refractivity contribution is -0.122. The van der Waals surface area contributed by atoms with Crippen molar-refractivity contribution in [2.75, 3.05) is 25.5 Å². The third kappa shape index (κ3) is 7.11. The number of hydrogen-bond donors (Lipinski definition) is 3. The van der Waals surface area contributed by atoms with Crippen molar-refractivity contribution in [2.24, 2.45) is 0 Å². The Kier molecular flexibility index (Phi) is 8.52. The molecule has 10 nitrogen and oxygen atoms in total. The maximum Gasteiger partial charge on any atom is 0.269 e. The third-order valence-corrected chi connectivity index (χ3v) is 6.09. The van der Waals surface area contributed by atoms with E-state index < -0.39 is 21.8 Å². The first kappa shape index (κ1) is 25.4. The fourth-order valence-electron chi connectivity index (χ4n) is 2.93. The van der Waals surface area contributed by atoms with E-state index in [1.807, 2.05) is 0 Å². The average molecular weight is 500 g/mol. The zero-order valence-electron chi connectivity index (χ0n) is 19.1. The number of hydrazine groups is 1. The zero-order valence-corrected chi connectivity index (χ0v) is 19.9. The third-order valence-electron chi connectivity index (χ3n) is 4.73. The Morgan fingerprint density at radius 1 is 0.829 bits per heavy atom. The zero-order chi connectivity index (χ0) is 25.3. The monoisotopic (exact) mass is 499 g/mol. The van der Waals surface area contributed by atoms with E-state index in [0.717, 1.165) is 0 Å². The maximum absolute atomic E-state index is 12.8. The van der Waals surface area contributed by atoms with Crippen LogP contribution in [0.25, 0.3) is 0 Å². The van der Waals surface area contributed by atoms with Crippen LogP contribution in [-0.4, -0.2) is 41.1 Å². The van der Waals surface area contributed by atoms with Gasteiger partial charge in [-0.3, -0.25) is 25.2 Å². The van der Waals surface area contributed by atoms with Gasteiger partial charge in [-0.25, -0.2) is 8.42 Å². The summed E-state index contributed by atoms with van der Waals surface area (Å²) in [6.45, 7) is 0.0936. The highest BCUT2D eigenvalue weighted by Crippen LogP contribution is 2.26. The number of anilines is 1. The van der Waals surface area contributed by atoms with Crippen LogP contribution in [-0.2, 0) is 14.8 Å². The van der Waals surface area contributed by atoms with Gasteiger partial charge in [-0.1, -0.05) is 18.2 Å². The van der Waals surface area contributed by atoms with Crippen molar-refractivity contribution in [3.8, 4) is 17.2 Å². The second-order valence-electron chi connectivity index (χ2n) is 7.11. The van der Waals surface area contributed by atoms with Crippen molar-refractivity contribution in [1.29, 1.82) is 0 Å². The van der Waals surface area contributed by atoms with Crippen molar-refractivity contribution in [2.45, 2.75) is 11.3 Å². The number of ether oxygens (including phenoxy) is 3. The van der Waals surface area contributed by atoms with Crippen LogP contribution in [0.1, 0.15) is 16.8 Å². The number of amides is 2. The van der Waals surface area contributed by atoms with Crippen LogP contribution in [0.15, 0.2) is 77.7 Å². The SMILES string of the molecule is COc1ccc(OCCC(=O)NNC(=O)c2cccc(S(=O)(=O)Nc3ccccc3OC)c2)cc1. The molecule has 0 aromatic heterocycles. The number of sulfonamides is 1. The van der Waals surface area contributed by atoms with Crippen molar-refractivity contribution < 1.29 is 32.2 Å². The summed E-state index contributed by atoms with van der Waals surface area (Å²) in [5, 5.41) is 0. The molecule has 3 aromatic rings. The van der Waals surface area contributed by atoms with Crippen molar-refractivity contribution >= 4 is 27.5 Å². The number of nitrogens with one attached hydrogen (secondary N) is 3. The summed E-state index contributed by atoms with van der Waals surface area (Å²) in [4.78, 5) is 24.3. The van der Waals surface area contributed by atoms with Crippen LogP contribution in [0.3, 0.4) is 0 Å². The fourth-order valence-corrected chi connectivity index (χ4v) is 4.05. The van der Waals surface area contributed by atoms with E-state index in [1.54, 1.807) is 55.6 Å². The summed E-state index contributed by atoms with van der Waals surface area (Å²) in [6.07, 6.45) is -0.0104. The lowest BCUT2D eigenvalue weighted by atomic mass is 10.2. The van der Waals surface area contributed by atoms with Gasteiger partial charge < -0.3 is 14.2 Å². The van der Waals surface area contributed by atoms with Gasteiger partial charge >= 0.3 is 0 Å². The normalized spacial score (nSPS) is 10.7. The first-order chi connectivity index (χ1) is 16.8. The molecule has 0 fully saturated rings. The van der Waals surface area contributed by atoms with Gasteiger partial charge in [0.05, 0.1) is 37.8 Å². The number of hydrogen-bond acceptors (Lipinski definition) is 7. The number of methoxy groups -OCH3 is 2. The average Bonchev–Trinajstić information content (AvgIpc) is 2.88. The number of carbonyl (C=O) groups excluding carboxylic acids is 2. The van der Waals surface area contributed by atoms with E-state index in [1.165, 1.54) is 31.4 Å². The molecule has 11 heteroatoms. The van der Waals surface area contributed by atoms with Crippen LogP contribution in [0.2, 0.25) is 0 Å². The van der Waals surface area contributed by atoms with Gasteiger partial charge in [0.25, 0.3) is 15.9 Å². The smallest absolute Gasteiger partial charge is 0.269 e. The van der Waals surface area contributed by atoms with Gasteiger partial charge in [0.2, 0.25) is 5.91 Å². The Balaban J connectivity index is 1.53. The van der Waals surface area contributed by atoms with Gasteiger partial charge in [-0.2, -0.15) is 0 Å². The van der Waals surface area contributed by atoms with Crippen LogP contribution in [0, 0.1) is 0 Å². The number of rotatable bonds is 10. The first-order valence-electron chi connectivity index (χ1n) is 10.4. The molecule has 0 unspecified atom stereocenters. The maximum atomic E-state index is 12.8. The largest absolute Gasteiger partial charge is 0.497 e. The highest BCUT2D eigenvalue weighted by Gasteiger charge is 2.18. The molecule has 184 valence electrons. The van der Waals surface area contributed by atoms with Gasteiger partial charge in [0.15, 0.2) is 0 Å². The quantitative estimate of drug-likeness (QED) is 0.366. The minimum atomic E-state index is -4.00. The molecule has 0 saturated carbocycles. The summed E-state index contributed by atoms with van der Waals surface area (Å²) >= 11 is 0. The van der Waals surface area contributed by atoms with Crippen LogP contribution in [0.5, 0.6) is 17.2 Å². The van der Waals surface area contributed by atoms with Crippen molar-refractivity contribution in [1.82, 2.24) is 10.9 Å². The Morgan fingerprint density at radius 3 is 2.26 bits per heavy atom. The highest BCUT2D eigenvalue weighted by atomic mass is 32.2. The molecule has 3 rings (SSSR count). The summed E-state index contributed by atoms with van der Waals surface area (Å²) in [7, 11) is -1.01. The molecule has 3 aromatic carbocycles. The molecule has 0 bridgehead atoms. The minimum Gasteiger partial charge on any atom is -0.497 e. The number of para-hydroxylation sites is 2. The molecule has 0 atom stereocenters. The molecule has 0 aliphatic heterocycles. The highest BCUT2D eigenvalue weighted by molar-refractivity contribution is 7.92. The Bertz CT molecular complexity index is 1280. The molecule has 0 aliphatic carbocycles. The standard InChI is InChI=1S/C24H25N3O7S/c1-32-18-10-12-19(13-11-18)34-15-14-23(28)25-26-24(29)17-6-5-7-20(16-17)35(30,31)27-21-8-3-4-9-22(21)33-2/h3-13,16,27H,14-15H2,1-2H3,(H,25,28)(H,26,29). The predicted molar refractivity (Wildman–Crippen MR) is 129 cm³/mol. The Labute approximate surface area is 203 Å². The molecular weight excluding hydrogens is 474 g/mol. The minimum absolute atomic E-state index is 0.0104. The van der Waals surface area contributed by atoms with E-state index in [0.29, 0.717) is 17.2 Å². The van der Waals surface area contributed by atoms with E-state index in [2.05, 4.69) is 15.6 Å². The summed E-state index contributed by atoms with van der Waals surface area (Å²) in [6, 6.07) is 18.8. The van der Waals surface area contributed by atoms with Crippen LogP contribution in [0.4, 0.5) is 5.69 Å². The molecule has 35 heavy (non-hydrogen) atoms. The molecular formula is C24H25N3O7S. The summed E-state index contributed by atoms with van der Waals surface area (Å²) < 4.78 is 43.7. The van der Waals surface area contributed by atoms with E-state index in [-0.39, 0.29) is 29.2 Å². The van der Waals surface area contributed by atoms with E-state index >= 15 is 0 Å². The van der Waals surface area contributed by atoms with Crippen LogP contribution >= 0.6 is 0 Å². The lowest BCUT2D eigenvalue weighted by Gasteiger charge is -2.12. The van der Waals surface area contributed by atoms with Gasteiger partial charge in [0, 0.05) is 5.56 Å². The first-order valence-corrected chi connectivity index (χ1v) is 11.9. The molecule has 0 heterocycles. The van der Waals surface area contributed by atoms with Gasteiger partial charge in [-0.15, -0.1) is 0 Å². The summed E-state index contributed by atoms with van der Waals surface area (Å²) in [5.74, 6) is 0.452. The van der Waals surface area contributed by atoms with Crippen LogP contribution < -0.4 is 29.8 Å². The van der Waals surface area contributed by atoms with Crippen molar-refractivity contribution in [3.63, 3.8) is 0 Å². The molecule has 0 radical (unpaired) electrons. The lowest BCUT2D eigenvalue weighted by Crippen LogP contribution is -2.42.